The van der Waals surface area contributed by atoms with Gasteiger partial charge >= 0.3 is 0 Å². The minimum Gasteiger partial charge on any atom is -0.303 e. The summed E-state index contributed by atoms with van der Waals surface area (Å²) in [6.45, 7) is 4.28. The number of hydrogen-bond acceptors (Lipinski definition) is 3. The Balaban J connectivity index is 2.11. The van der Waals surface area contributed by atoms with Crippen LogP contribution in [-0.4, -0.2) is 17.1 Å². The standard InChI is InChI=1S/C22H28O3S/c1-3-5-15-22(4-2,17-23)18-25-26(24)21-14-10-9-13-20(21)16-19-11-7-6-8-12-19/h6-14,17H,3-5,15-16,18H2,1-2H3. The van der Waals surface area contributed by atoms with Gasteiger partial charge in [-0.05, 0) is 36.5 Å². The monoisotopic (exact) mass is 372 g/mol. The van der Waals surface area contributed by atoms with Gasteiger partial charge in [0.15, 0.2) is 11.1 Å². The molecule has 0 amide bonds. The average molecular weight is 373 g/mol. The van der Waals surface area contributed by atoms with Crippen molar-refractivity contribution in [3.05, 3.63) is 65.7 Å². The van der Waals surface area contributed by atoms with Gasteiger partial charge in [0.1, 0.15) is 6.29 Å². The summed E-state index contributed by atoms with van der Waals surface area (Å²) in [6, 6.07) is 17.7. The van der Waals surface area contributed by atoms with Crippen molar-refractivity contribution in [3.63, 3.8) is 0 Å². The van der Waals surface area contributed by atoms with Gasteiger partial charge in [-0.15, -0.1) is 0 Å². The van der Waals surface area contributed by atoms with E-state index < -0.39 is 16.5 Å². The summed E-state index contributed by atoms with van der Waals surface area (Å²) in [7, 11) is 0. The van der Waals surface area contributed by atoms with E-state index in [4.69, 9.17) is 4.18 Å². The van der Waals surface area contributed by atoms with Crippen molar-refractivity contribution in [3.8, 4) is 0 Å². The zero-order valence-electron chi connectivity index (χ0n) is 15.6. The summed E-state index contributed by atoms with van der Waals surface area (Å²) in [4.78, 5) is 12.3. The highest BCUT2D eigenvalue weighted by atomic mass is 32.2. The van der Waals surface area contributed by atoms with Gasteiger partial charge in [0.25, 0.3) is 0 Å². The fraction of sp³-hybridized carbons (Fsp3) is 0.409. The van der Waals surface area contributed by atoms with Gasteiger partial charge < -0.3 is 4.79 Å². The molecule has 0 radical (unpaired) electrons. The third-order valence-electron chi connectivity index (χ3n) is 4.83. The Bertz CT molecular complexity index is 714. The predicted octanol–water partition coefficient (Wildman–Crippen LogP) is 5.10. The van der Waals surface area contributed by atoms with Gasteiger partial charge in [-0.3, -0.25) is 4.18 Å². The molecule has 0 aliphatic heterocycles. The summed E-state index contributed by atoms with van der Waals surface area (Å²) in [5.74, 6) is 0. The van der Waals surface area contributed by atoms with E-state index >= 15 is 0 Å². The van der Waals surface area contributed by atoms with Crippen LogP contribution < -0.4 is 0 Å². The predicted molar refractivity (Wildman–Crippen MR) is 106 cm³/mol. The Labute approximate surface area is 159 Å². The average Bonchev–Trinajstić information content (AvgIpc) is 2.70. The van der Waals surface area contributed by atoms with Crippen LogP contribution in [0.3, 0.4) is 0 Å². The van der Waals surface area contributed by atoms with E-state index in [1.807, 2.05) is 49.4 Å². The number of unbranched alkanes of at least 4 members (excludes halogenated alkanes) is 1. The second-order valence-corrected chi connectivity index (χ2v) is 7.85. The van der Waals surface area contributed by atoms with Crippen molar-refractivity contribution in [2.24, 2.45) is 5.41 Å². The Kier molecular flexibility index (Phi) is 8.20. The minimum atomic E-state index is -1.58. The molecule has 0 aliphatic carbocycles. The van der Waals surface area contributed by atoms with Crippen LogP contribution >= 0.6 is 0 Å². The van der Waals surface area contributed by atoms with E-state index in [-0.39, 0.29) is 6.61 Å². The van der Waals surface area contributed by atoms with Crippen molar-refractivity contribution in [1.29, 1.82) is 0 Å². The first-order valence-corrected chi connectivity index (χ1v) is 10.3. The van der Waals surface area contributed by atoms with Crippen molar-refractivity contribution >= 4 is 17.4 Å². The normalized spacial score (nSPS) is 14.5. The highest BCUT2D eigenvalue weighted by Crippen LogP contribution is 2.28. The highest BCUT2D eigenvalue weighted by molar-refractivity contribution is 7.80. The Morgan fingerprint density at radius 3 is 2.38 bits per heavy atom. The third kappa shape index (κ3) is 5.61. The van der Waals surface area contributed by atoms with E-state index in [0.29, 0.717) is 17.7 Å². The number of carbonyl (C=O) groups excluding carboxylic acids is 1. The van der Waals surface area contributed by atoms with Crippen LogP contribution in [0.25, 0.3) is 0 Å². The summed E-state index contributed by atoms with van der Waals surface area (Å²) in [5, 5.41) is 0. The number of aldehydes is 1. The molecule has 0 bridgehead atoms. The molecule has 0 N–H and O–H groups in total. The molecule has 2 unspecified atom stereocenters. The summed E-state index contributed by atoms with van der Waals surface area (Å²) in [6.07, 6.45) is 5.14. The van der Waals surface area contributed by atoms with E-state index in [9.17, 15) is 9.00 Å². The second-order valence-electron chi connectivity index (χ2n) is 6.70. The van der Waals surface area contributed by atoms with Crippen LogP contribution in [0.4, 0.5) is 0 Å². The lowest BCUT2D eigenvalue weighted by molar-refractivity contribution is -0.118. The molecule has 4 heteroatoms. The van der Waals surface area contributed by atoms with Crippen molar-refractivity contribution in [1.82, 2.24) is 0 Å². The number of carbonyl (C=O) groups is 1. The molecular formula is C22H28O3S. The lowest BCUT2D eigenvalue weighted by Crippen LogP contribution is -2.28. The molecule has 2 rings (SSSR count). The first-order valence-electron chi connectivity index (χ1n) is 9.27. The topological polar surface area (TPSA) is 43.4 Å². The minimum absolute atomic E-state index is 0.194. The molecule has 26 heavy (non-hydrogen) atoms. The summed E-state index contributed by atoms with van der Waals surface area (Å²) < 4.78 is 18.5. The largest absolute Gasteiger partial charge is 0.303 e. The van der Waals surface area contributed by atoms with Crippen molar-refractivity contribution in [2.45, 2.75) is 50.8 Å². The van der Waals surface area contributed by atoms with Gasteiger partial charge in [0, 0.05) is 0 Å². The van der Waals surface area contributed by atoms with Gasteiger partial charge in [0.05, 0.1) is 16.9 Å². The maximum atomic E-state index is 12.8. The lowest BCUT2D eigenvalue weighted by atomic mass is 9.83. The molecule has 0 spiro atoms. The highest BCUT2D eigenvalue weighted by Gasteiger charge is 2.29. The Morgan fingerprint density at radius 2 is 1.73 bits per heavy atom. The fourth-order valence-corrected chi connectivity index (χ4v) is 3.93. The molecule has 0 aliphatic rings. The lowest BCUT2D eigenvalue weighted by Gasteiger charge is -2.25. The van der Waals surface area contributed by atoms with Gasteiger partial charge in [-0.25, -0.2) is 4.21 Å². The Hall–Kier alpha value is -1.78. The molecule has 2 aromatic carbocycles. The molecular weight excluding hydrogens is 344 g/mol. The van der Waals surface area contributed by atoms with E-state index in [2.05, 4.69) is 19.1 Å². The quantitative estimate of drug-likeness (QED) is 0.515. The Morgan fingerprint density at radius 1 is 1.04 bits per heavy atom. The first kappa shape index (κ1) is 20.5. The fourth-order valence-electron chi connectivity index (χ4n) is 2.92. The maximum Gasteiger partial charge on any atom is 0.189 e. The van der Waals surface area contributed by atoms with Crippen LogP contribution in [0.15, 0.2) is 59.5 Å². The van der Waals surface area contributed by atoms with Crippen LogP contribution in [0.2, 0.25) is 0 Å². The molecule has 3 nitrogen and oxygen atoms in total. The van der Waals surface area contributed by atoms with Crippen LogP contribution in [0.1, 0.15) is 50.7 Å². The van der Waals surface area contributed by atoms with Crippen molar-refractivity contribution in [2.75, 3.05) is 6.61 Å². The van der Waals surface area contributed by atoms with Crippen molar-refractivity contribution < 1.29 is 13.2 Å². The van der Waals surface area contributed by atoms with Gasteiger partial charge in [-0.1, -0.05) is 75.2 Å². The number of rotatable bonds is 11. The van der Waals surface area contributed by atoms with Crippen LogP contribution in [0.5, 0.6) is 0 Å². The van der Waals surface area contributed by atoms with Gasteiger partial charge in [-0.2, -0.15) is 0 Å². The summed E-state index contributed by atoms with van der Waals surface area (Å²) in [5.41, 5.74) is 1.61. The molecule has 2 aromatic rings. The molecule has 140 valence electrons. The van der Waals surface area contributed by atoms with E-state index in [1.165, 1.54) is 0 Å². The van der Waals surface area contributed by atoms with Gasteiger partial charge in [0.2, 0.25) is 0 Å². The third-order valence-corrected chi connectivity index (χ3v) is 5.91. The molecule has 2 atom stereocenters. The molecule has 0 aromatic heterocycles. The maximum absolute atomic E-state index is 12.8. The zero-order valence-corrected chi connectivity index (χ0v) is 16.5. The molecule has 0 saturated carbocycles. The first-order chi connectivity index (χ1) is 12.6. The summed E-state index contributed by atoms with van der Waals surface area (Å²) >= 11 is -1.58. The SMILES string of the molecule is CCCCC(C=O)(CC)COS(=O)c1ccccc1Cc1ccccc1. The second kappa shape index (κ2) is 10.4. The van der Waals surface area contributed by atoms with E-state index in [1.54, 1.807) is 0 Å². The zero-order chi connectivity index (χ0) is 18.8. The smallest absolute Gasteiger partial charge is 0.189 e. The van der Waals surface area contributed by atoms with Crippen LogP contribution in [0, 0.1) is 5.41 Å². The van der Waals surface area contributed by atoms with E-state index in [0.717, 1.165) is 36.7 Å². The van der Waals surface area contributed by atoms with Crippen LogP contribution in [-0.2, 0) is 26.5 Å². The molecule has 0 heterocycles. The molecule has 0 saturated heterocycles. The number of benzene rings is 2. The molecule has 0 fully saturated rings. The number of hydrogen-bond donors (Lipinski definition) is 0.